The summed E-state index contributed by atoms with van der Waals surface area (Å²) in [5.74, 6) is 0. The molecule has 0 aliphatic carbocycles. The molecule has 0 aliphatic rings. The molecule has 0 heterocycles. The number of alkyl halides is 3. The average molecular weight is 350 g/mol. The van der Waals surface area contributed by atoms with E-state index in [0.29, 0.717) is 15.6 Å². The number of anilines is 1. The Bertz CT molecular complexity index is 661. The van der Waals surface area contributed by atoms with Gasteiger partial charge in [-0.25, -0.2) is 0 Å². The summed E-state index contributed by atoms with van der Waals surface area (Å²) in [5.41, 5.74) is 0.764. The van der Waals surface area contributed by atoms with Gasteiger partial charge in [-0.05, 0) is 24.3 Å². The molecule has 0 fully saturated rings. The molecule has 0 saturated heterocycles. The Morgan fingerprint density at radius 1 is 1.05 bits per heavy atom. The summed E-state index contributed by atoms with van der Waals surface area (Å²) in [5, 5.41) is 13.3. The van der Waals surface area contributed by atoms with E-state index in [2.05, 4.69) is 5.32 Å². The van der Waals surface area contributed by atoms with Gasteiger partial charge in [0.1, 0.15) is 12.6 Å². The SMILES string of the molecule is OC(c1ccccc1Cl)c1cc(Cl)ccc1NCC(F)(F)F. The van der Waals surface area contributed by atoms with Crippen molar-refractivity contribution >= 4 is 28.9 Å². The van der Waals surface area contributed by atoms with Crippen LogP contribution in [0.2, 0.25) is 10.0 Å². The van der Waals surface area contributed by atoms with Crippen molar-refractivity contribution in [2.75, 3.05) is 11.9 Å². The summed E-state index contributed by atoms with van der Waals surface area (Å²) < 4.78 is 37.1. The molecule has 2 rings (SSSR count). The number of aliphatic hydroxyl groups is 1. The van der Waals surface area contributed by atoms with Gasteiger partial charge in [-0.15, -0.1) is 0 Å². The van der Waals surface area contributed by atoms with Crippen LogP contribution in [0.15, 0.2) is 42.5 Å². The van der Waals surface area contributed by atoms with Crippen LogP contribution >= 0.6 is 23.2 Å². The van der Waals surface area contributed by atoms with Crippen LogP contribution < -0.4 is 5.32 Å². The first kappa shape index (κ1) is 16.9. The number of hydrogen-bond donors (Lipinski definition) is 2. The Balaban J connectivity index is 2.36. The van der Waals surface area contributed by atoms with Crippen molar-refractivity contribution in [2.45, 2.75) is 12.3 Å². The fraction of sp³-hybridized carbons (Fsp3) is 0.200. The Morgan fingerprint density at radius 3 is 2.36 bits per heavy atom. The second-order valence-electron chi connectivity index (χ2n) is 4.62. The van der Waals surface area contributed by atoms with E-state index in [1.807, 2.05) is 0 Å². The van der Waals surface area contributed by atoms with E-state index >= 15 is 0 Å². The molecule has 2 aromatic carbocycles. The van der Waals surface area contributed by atoms with Gasteiger partial charge in [0, 0.05) is 26.9 Å². The van der Waals surface area contributed by atoms with Crippen molar-refractivity contribution < 1.29 is 18.3 Å². The first-order valence-corrected chi connectivity index (χ1v) is 7.06. The molecule has 0 aliphatic heterocycles. The molecule has 2 nitrogen and oxygen atoms in total. The van der Waals surface area contributed by atoms with Gasteiger partial charge in [-0.3, -0.25) is 0 Å². The minimum absolute atomic E-state index is 0.147. The molecule has 118 valence electrons. The molecule has 7 heteroatoms. The largest absolute Gasteiger partial charge is 0.405 e. The molecule has 2 aromatic rings. The standard InChI is InChI=1S/C15H12Cl2F3NO/c16-9-5-6-13(21-8-15(18,19)20)11(7-9)14(22)10-3-1-2-4-12(10)17/h1-7,14,21-22H,8H2. The summed E-state index contributed by atoms with van der Waals surface area (Å²) in [6.45, 7) is -1.21. The predicted octanol–water partition coefficient (Wildman–Crippen LogP) is 5.05. The van der Waals surface area contributed by atoms with E-state index in [4.69, 9.17) is 23.2 Å². The first-order chi connectivity index (χ1) is 10.3. The molecule has 0 amide bonds. The number of halogens is 5. The molecule has 0 saturated carbocycles. The highest BCUT2D eigenvalue weighted by molar-refractivity contribution is 6.31. The second-order valence-corrected chi connectivity index (χ2v) is 5.47. The molecule has 0 bridgehead atoms. The molecular formula is C15H12Cl2F3NO. The summed E-state index contributed by atoms with van der Waals surface area (Å²) in [4.78, 5) is 0. The van der Waals surface area contributed by atoms with Crippen LogP contribution in [0.1, 0.15) is 17.2 Å². The van der Waals surface area contributed by atoms with Gasteiger partial charge in [-0.2, -0.15) is 13.2 Å². The number of benzene rings is 2. The molecule has 2 N–H and O–H groups in total. The summed E-state index contributed by atoms with van der Waals surface area (Å²) in [6, 6.07) is 10.8. The van der Waals surface area contributed by atoms with E-state index in [9.17, 15) is 18.3 Å². The molecule has 0 aromatic heterocycles. The number of nitrogens with one attached hydrogen (secondary N) is 1. The van der Waals surface area contributed by atoms with Crippen molar-refractivity contribution in [3.8, 4) is 0 Å². The Labute approximate surface area is 135 Å². The highest BCUT2D eigenvalue weighted by Gasteiger charge is 2.27. The molecule has 22 heavy (non-hydrogen) atoms. The van der Waals surface area contributed by atoms with E-state index in [-0.39, 0.29) is 11.3 Å². The van der Waals surface area contributed by atoms with Crippen LogP contribution in [0.25, 0.3) is 0 Å². The van der Waals surface area contributed by atoms with Crippen LogP contribution in [0.5, 0.6) is 0 Å². The Hall–Kier alpha value is -1.43. The smallest absolute Gasteiger partial charge is 0.384 e. The fourth-order valence-electron chi connectivity index (χ4n) is 1.98. The van der Waals surface area contributed by atoms with E-state index < -0.39 is 18.8 Å². The zero-order chi connectivity index (χ0) is 16.3. The van der Waals surface area contributed by atoms with Crippen molar-refractivity contribution in [1.29, 1.82) is 0 Å². The second kappa shape index (κ2) is 6.77. The van der Waals surface area contributed by atoms with E-state index in [1.165, 1.54) is 18.2 Å². The Kier molecular flexibility index (Phi) is 5.21. The normalized spacial score (nSPS) is 13.0. The summed E-state index contributed by atoms with van der Waals surface area (Å²) >= 11 is 11.9. The lowest BCUT2D eigenvalue weighted by molar-refractivity contribution is -0.115. The van der Waals surface area contributed by atoms with Gasteiger partial charge in [-0.1, -0.05) is 41.4 Å². The lowest BCUT2D eigenvalue weighted by Gasteiger charge is -2.19. The van der Waals surface area contributed by atoms with Crippen molar-refractivity contribution in [3.05, 3.63) is 63.6 Å². The maximum absolute atomic E-state index is 12.4. The zero-order valence-corrected chi connectivity index (χ0v) is 12.7. The zero-order valence-electron chi connectivity index (χ0n) is 11.2. The molecule has 1 atom stereocenters. The number of rotatable bonds is 4. The quantitative estimate of drug-likeness (QED) is 0.809. The van der Waals surface area contributed by atoms with Crippen molar-refractivity contribution in [1.82, 2.24) is 0 Å². The third kappa shape index (κ3) is 4.29. The third-order valence-electron chi connectivity index (χ3n) is 2.99. The fourth-order valence-corrected chi connectivity index (χ4v) is 2.40. The number of aliphatic hydroxyl groups excluding tert-OH is 1. The Morgan fingerprint density at radius 2 is 1.73 bits per heavy atom. The highest BCUT2D eigenvalue weighted by atomic mass is 35.5. The number of hydrogen-bond acceptors (Lipinski definition) is 2. The minimum Gasteiger partial charge on any atom is -0.384 e. The third-order valence-corrected chi connectivity index (χ3v) is 3.57. The first-order valence-electron chi connectivity index (χ1n) is 6.30. The molecule has 0 spiro atoms. The topological polar surface area (TPSA) is 32.3 Å². The maximum Gasteiger partial charge on any atom is 0.405 e. The minimum atomic E-state index is -4.37. The van der Waals surface area contributed by atoms with Crippen LogP contribution in [0, 0.1) is 0 Å². The van der Waals surface area contributed by atoms with Gasteiger partial charge in [0.2, 0.25) is 0 Å². The van der Waals surface area contributed by atoms with Crippen LogP contribution in [-0.2, 0) is 0 Å². The molecular weight excluding hydrogens is 338 g/mol. The van der Waals surface area contributed by atoms with Crippen LogP contribution in [0.3, 0.4) is 0 Å². The van der Waals surface area contributed by atoms with Gasteiger partial charge >= 0.3 is 6.18 Å². The van der Waals surface area contributed by atoms with Crippen LogP contribution in [-0.4, -0.2) is 17.8 Å². The highest BCUT2D eigenvalue weighted by Crippen LogP contribution is 2.34. The molecule has 1 unspecified atom stereocenters. The summed E-state index contributed by atoms with van der Waals surface area (Å²) in [7, 11) is 0. The van der Waals surface area contributed by atoms with Crippen molar-refractivity contribution in [3.63, 3.8) is 0 Å². The van der Waals surface area contributed by atoms with E-state index in [1.54, 1.807) is 24.3 Å². The summed E-state index contributed by atoms with van der Waals surface area (Å²) in [6.07, 6.45) is -5.56. The van der Waals surface area contributed by atoms with Crippen LogP contribution in [0.4, 0.5) is 18.9 Å². The maximum atomic E-state index is 12.4. The average Bonchev–Trinajstić information content (AvgIpc) is 2.45. The van der Waals surface area contributed by atoms with E-state index in [0.717, 1.165) is 0 Å². The van der Waals surface area contributed by atoms with Gasteiger partial charge in [0.15, 0.2) is 0 Å². The van der Waals surface area contributed by atoms with Gasteiger partial charge in [0.25, 0.3) is 0 Å². The lowest BCUT2D eigenvalue weighted by atomic mass is 9.99. The van der Waals surface area contributed by atoms with Gasteiger partial charge in [0.05, 0.1) is 0 Å². The lowest BCUT2D eigenvalue weighted by Crippen LogP contribution is -2.22. The predicted molar refractivity (Wildman–Crippen MR) is 81.5 cm³/mol. The monoisotopic (exact) mass is 349 g/mol. The van der Waals surface area contributed by atoms with Gasteiger partial charge < -0.3 is 10.4 Å². The molecule has 0 radical (unpaired) electrons. The van der Waals surface area contributed by atoms with Crippen molar-refractivity contribution in [2.24, 2.45) is 0 Å².